The van der Waals surface area contributed by atoms with Gasteiger partial charge in [0.25, 0.3) is 5.91 Å². The van der Waals surface area contributed by atoms with Gasteiger partial charge < -0.3 is 9.47 Å². The molecule has 3 heterocycles. The highest BCUT2D eigenvalue weighted by Gasteiger charge is 2.25. The Morgan fingerprint density at radius 1 is 1.15 bits per heavy atom. The maximum Gasteiger partial charge on any atom is 0.273 e. The van der Waals surface area contributed by atoms with E-state index in [1.54, 1.807) is 11.3 Å². The fraction of sp³-hybridized carbons (Fsp3) is 0.333. The molecule has 0 bridgehead atoms. The minimum atomic E-state index is 0.0585. The van der Waals surface area contributed by atoms with E-state index in [0.29, 0.717) is 11.7 Å². The number of likely N-dealkylation sites (tertiary alicyclic amines) is 1. The molecule has 0 atom stereocenters. The lowest BCUT2D eigenvalue weighted by molar-refractivity contribution is 0.0689. The fourth-order valence-electron chi connectivity index (χ4n) is 3.67. The minimum Gasteiger partial charge on any atom is -0.351 e. The zero-order valence-electron chi connectivity index (χ0n) is 15.2. The van der Waals surface area contributed by atoms with Crippen LogP contribution in [0.3, 0.4) is 0 Å². The Kier molecular flexibility index (Phi) is 4.64. The molecule has 4 rings (SSSR count). The summed E-state index contributed by atoms with van der Waals surface area (Å²) in [4.78, 5) is 19.4. The van der Waals surface area contributed by atoms with E-state index in [4.69, 9.17) is 0 Å². The van der Waals surface area contributed by atoms with Crippen LogP contribution in [0.15, 0.2) is 48.1 Å². The zero-order chi connectivity index (χ0) is 18.1. The number of thiazole rings is 1. The largest absolute Gasteiger partial charge is 0.351 e. The fourth-order valence-corrected chi connectivity index (χ4v) is 4.55. The number of amides is 1. The normalized spacial score (nSPS) is 15.4. The van der Waals surface area contributed by atoms with E-state index in [2.05, 4.69) is 66.1 Å². The summed E-state index contributed by atoms with van der Waals surface area (Å²) in [7, 11) is 0. The summed E-state index contributed by atoms with van der Waals surface area (Å²) >= 11 is 1.55. The van der Waals surface area contributed by atoms with Crippen molar-refractivity contribution in [2.75, 3.05) is 13.1 Å². The number of aryl methyl sites for hydroxylation is 2. The molecule has 0 saturated carbocycles. The smallest absolute Gasteiger partial charge is 0.273 e. The Balaban J connectivity index is 1.45. The van der Waals surface area contributed by atoms with E-state index in [0.717, 1.165) is 36.5 Å². The molecule has 0 spiro atoms. The lowest BCUT2D eigenvalue weighted by atomic mass is 10.0. The molecule has 0 aliphatic carbocycles. The van der Waals surface area contributed by atoms with Crippen molar-refractivity contribution in [3.05, 3.63) is 64.9 Å². The number of carbonyl (C=O) groups excluding carboxylic acids is 1. The van der Waals surface area contributed by atoms with Crippen molar-refractivity contribution < 1.29 is 4.79 Å². The van der Waals surface area contributed by atoms with Gasteiger partial charge in [-0.25, -0.2) is 4.98 Å². The quantitative estimate of drug-likeness (QED) is 0.674. The average Bonchev–Trinajstić information content (AvgIpc) is 3.33. The van der Waals surface area contributed by atoms with Crippen LogP contribution < -0.4 is 0 Å². The Bertz CT molecular complexity index is 905. The number of benzene rings is 1. The van der Waals surface area contributed by atoms with E-state index >= 15 is 0 Å². The highest BCUT2D eigenvalue weighted by molar-refractivity contribution is 7.13. The van der Waals surface area contributed by atoms with Crippen LogP contribution in [0.25, 0.3) is 10.6 Å². The van der Waals surface area contributed by atoms with Crippen molar-refractivity contribution in [1.29, 1.82) is 0 Å². The summed E-state index contributed by atoms with van der Waals surface area (Å²) in [6, 6.07) is 11.0. The first kappa shape index (κ1) is 17.0. The Hall–Kier alpha value is -2.40. The van der Waals surface area contributed by atoms with Gasteiger partial charge in [-0.15, -0.1) is 11.3 Å². The first-order valence-corrected chi connectivity index (χ1v) is 9.94. The molecule has 1 amide bonds. The monoisotopic (exact) mass is 365 g/mol. The molecule has 1 fully saturated rings. The van der Waals surface area contributed by atoms with E-state index in [-0.39, 0.29) is 5.91 Å². The predicted octanol–water partition coefficient (Wildman–Crippen LogP) is 4.71. The van der Waals surface area contributed by atoms with Crippen LogP contribution in [0.5, 0.6) is 0 Å². The van der Waals surface area contributed by atoms with Crippen LogP contribution in [0.4, 0.5) is 0 Å². The van der Waals surface area contributed by atoms with Crippen molar-refractivity contribution >= 4 is 17.2 Å². The third-order valence-corrected chi connectivity index (χ3v) is 6.01. The van der Waals surface area contributed by atoms with Gasteiger partial charge in [-0.3, -0.25) is 4.79 Å². The second-order valence-electron chi connectivity index (χ2n) is 7.01. The number of hydrogen-bond acceptors (Lipinski definition) is 3. The second kappa shape index (κ2) is 7.08. The molecule has 134 valence electrons. The van der Waals surface area contributed by atoms with Gasteiger partial charge in [0.2, 0.25) is 0 Å². The molecule has 0 N–H and O–H groups in total. The van der Waals surface area contributed by atoms with Gasteiger partial charge in [0.15, 0.2) is 0 Å². The van der Waals surface area contributed by atoms with E-state index in [1.807, 2.05) is 10.3 Å². The van der Waals surface area contributed by atoms with Gasteiger partial charge in [0, 0.05) is 42.5 Å². The maximum atomic E-state index is 12.8. The van der Waals surface area contributed by atoms with Crippen LogP contribution >= 0.6 is 11.3 Å². The summed E-state index contributed by atoms with van der Waals surface area (Å²) in [5, 5.41) is 2.82. The number of nitrogens with zero attached hydrogens (tertiary/aromatic N) is 3. The molecule has 1 aliphatic heterocycles. The molecule has 1 aromatic carbocycles. The third kappa shape index (κ3) is 3.31. The molecule has 1 saturated heterocycles. The van der Waals surface area contributed by atoms with Crippen LogP contribution in [0, 0.1) is 13.8 Å². The highest BCUT2D eigenvalue weighted by Crippen LogP contribution is 2.29. The molecule has 1 aliphatic rings. The van der Waals surface area contributed by atoms with Crippen LogP contribution in [0.2, 0.25) is 0 Å². The van der Waals surface area contributed by atoms with Gasteiger partial charge >= 0.3 is 0 Å². The van der Waals surface area contributed by atoms with E-state index < -0.39 is 0 Å². The van der Waals surface area contributed by atoms with Crippen molar-refractivity contribution in [2.24, 2.45) is 0 Å². The Labute approximate surface area is 158 Å². The zero-order valence-corrected chi connectivity index (χ0v) is 16.0. The van der Waals surface area contributed by atoms with Crippen molar-refractivity contribution in [3.8, 4) is 10.6 Å². The molecule has 26 heavy (non-hydrogen) atoms. The van der Waals surface area contributed by atoms with Gasteiger partial charge in [0.1, 0.15) is 10.7 Å². The van der Waals surface area contributed by atoms with Crippen LogP contribution in [-0.4, -0.2) is 33.4 Å². The van der Waals surface area contributed by atoms with Gasteiger partial charge in [-0.2, -0.15) is 0 Å². The lowest BCUT2D eigenvalue weighted by Crippen LogP contribution is -2.39. The molecular weight excluding hydrogens is 342 g/mol. The van der Waals surface area contributed by atoms with Gasteiger partial charge in [-0.1, -0.05) is 23.8 Å². The Morgan fingerprint density at radius 3 is 2.58 bits per heavy atom. The number of piperidine rings is 1. The van der Waals surface area contributed by atoms with Crippen LogP contribution in [0.1, 0.15) is 40.5 Å². The van der Waals surface area contributed by atoms with Crippen molar-refractivity contribution in [1.82, 2.24) is 14.5 Å². The summed E-state index contributed by atoms with van der Waals surface area (Å²) in [6.45, 7) is 5.76. The topological polar surface area (TPSA) is 38.1 Å². The third-order valence-electron chi connectivity index (χ3n) is 5.14. The minimum absolute atomic E-state index is 0.0585. The van der Waals surface area contributed by atoms with Gasteiger partial charge in [0.05, 0.1) is 0 Å². The first-order chi connectivity index (χ1) is 12.6. The summed E-state index contributed by atoms with van der Waals surface area (Å²) in [6.07, 6.45) is 6.21. The molecule has 3 aromatic rings. The standard InChI is InChI=1S/C21H23N3OS/c1-15-5-6-18(16(2)13-15)20-22-19(14-26-20)21(25)24-11-7-17(8-12-24)23-9-3-4-10-23/h3-6,9-10,13-14,17H,7-8,11-12H2,1-2H3. The number of aromatic nitrogens is 2. The van der Waals surface area contributed by atoms with Crippen molar-refractivity contribution in [2.45, 2.75) is 32.7 Å². The second-order valence-corrected chi connectivity index (χ2v) is 7.87. The molecule has 0 unspecified atom stereocenters. The number of hydrogen-bond donors (Lipinski definition) is 0. The summed E-state index contributed by atoms with van der Waals surface area (Å²) in [5.41, 5.74) is 4.13. The van der Waals surface area contributed by atoms with Gasteiger partial charge in [-0.05, 0) is 44.4 Å². The number of carbonyl (C=O) groups is 1. The number of rotatable bonds is 3. The highest BCUT2D eigenvalue weighted by atomic mass is 32.1. The SMILES string of the molecule is Cc1ccc(-c2nc(C(=O)N3CCC(n4cccc4)CC3)cs2)c(C)c1. The van der Waals surface area contributed by atoms with E-state index in [1.165, 1.54) is 11.1 Å². The maximum absolute atomic E-state index is 12.8. The van der Waals surface area contributed by atoms with Crippen LogP contribution in [-0.2, 0) is 0 Å². The summed E-state index contributed by atoms with van der Waals surface area (Å²) < 4.78 is 2.25. The van der Waals surface area contributed by atoms with E-state index in [9.17, 15) is 4.79 Å². The molecule has 2 aromatic heterocycles. The molecule has 0 radical (unpaired) electrons. The summed E-state index contributed by atoms with van der Waals surface area (Å²) in [5.74, 6) is 0.0585. The van der Waals surface area contributed by atoms with Crippen molar-refractivity contribution in [3.63, 3.8) is 0 Å². The lowest BCUT2D eigenvalue weighted by Gasteiger charge is -2.32. The predicted molar refractivity (Wildman–Crippen MR) is 106 cm³/mol. The molecule has 5 heteroatoms. The molecular formula is C21H23N3OS. The average molecular weight is 366 g/mol. The molecule has 4 nitrogen and oxygen atoms in total. The first-order valence-electron chi connectivity index (χ1n) is 9.07. The Morgan fingerprint density at radius 2 is 1.88 bits per heavy atom.